The van der Waals surface area contributed by atoms with Crippen molar-refractivity contribution in [1.29, 1.82) is 0 Å². The first kappa shape index (κ1) is 14.7. The SMILES string of the molecule is CNCC(C)c1nc(-c2cc(F)c(Cl)cc2Cl)cs1. The first-order valence-electron chi connectivity index (χ1n) is 5.78. The van der Waals surface area contributed by atoms with Gasteiger partial charge >= 0.3 is 0 Å². The lowest BCUT2D eigenvalue weighted by Crippen LogP contribution is -2.14. The molecule has 0 saturated carbocycles. The molecule has 2 nitrogen and oxygen atoms in total. The Kier molecular flexibility index (Phi) is 4.79. The summed E-state index contributed by atoms with van der Waals surface area (Å²) in [7, 11) is 1.90. The fraction of sp³-hybridized carbons (Fsp3) is 0.308. The Morgan fingerprint density at radius 3 is 2.79 bits per heavy atom. The number of halogens is 3. The minimum Gasteiger partial charge on any atom is -0.319 e. The summed E-state index contributed by atoms with van der Waals surface area (Å²) >= 11 is 13.3. The molecule has 0 aliphatic carbocycles. The van der Waals surface area contributed by atoms with Crippen LogP contribution in [0.5, 0.6) is 0 Å². The third-order valence-electron chi connectivity index (χ3n) is 2.74. The smallest absolute Gasteiger partial charge is 0.142 e. The molecule has 0 fully saturated rings. The summed E-state index contributed by atoms with van der Waals surface area (Å²) in [6.07, 6.45) is 0. The molecule has 0 aliphatic heterocycles. The highest BCUT2D eigenvalue weighted by Crippen LogP contribution is 2.34. The molecule has 102 valence electrons. The average molecular weight is 319 g/mol. The van der Waals surface area contributed by atoms with E-state index in [9.17, 15) is 4.39 Å². The van der Waals surface area contributed by atoms with Gasteiger partial charge < -0.3 is 5.32 Å². The van der Waals surface area contributed by atoms with Gasteiger partial charge in [0.05, 0.1) is 20.7 Å². The van der Waals surface area contributed by atoms with Gasteiger partial charge in [0.2, 0.25) is 0 Å². The second-order valence-corrected chi connectivity index (χ2v) is 5.98. The van der Waals surface area contributed by atoms with Gasteiger partial charge in [0, 0.05) is 23.4 Å². The van der Waals surface area contributed by atoms with E-state index in [-0.39, 0.29) is 5.02 Å². The zero-order chi connectivity index (χ0) is 14.0. The van der Waals surface area contributed by atoms with Gasteiger partial charge in [-0.05, 0) is 19.2 Å². The molecule has 1 heterocycles. The molecule has 0 spiro atoms. The molecule has 2 aromatic rings. The van der Waals surface area contributed by atoms with Crippen LogP contribution < -0.4 is 5.32 Å². The lowest BCUT2D eigenvalue weighted by Gasteiger charge is -2.06. The van der Waals surface area contributed by atoms with E-state index in [1.54, 1.807) is 11.3 Å². The Bertz CT molecular complexity index is 586. The van der Waals surface area contributed by atoms with Crippen LogP contribution in [0.25, 0.3) is 11.3 Å². The number of thiazole rings is 1. The van der Waals surface area contributed by atoms with E-state index >= 15 is 0 Å². The molecule has 2 rings (SSSR count). The van der Waals surface area contributed by atoms with Gasteiger partial charge in [-0.1, -0.05) is 30.1 Å². The standard InChI is InChI=1S/C13H13Cl2FN2S/c1-7(5-17-2)13-18-12(6-19-13)8-3-11(16)10(15)4-9(8)14/h3-4,6-7,17H,5H2,1-2H3. The van der Waals surface area contributed by atoms with Gasteiger partial charge in [-0.2, -0.15) is 0 Å². The first-order chi connectivity index (χ1) is 9.02. The van der Waals surface area contributed by atoms with Crippen LogP contribution in [0, 0.1) is 5.82 Å². The zero-order valence-electron chi connectivity index (χ0n) is 10.5. The van der Waals surface area contributed by atoms with Crippen molar-refractivity contribution in [1.82, 2.24) is 10.3 Å². The summed E-state index contributed by atoms with van der Waals surface area (Å²) in [6, 6.07) is 2.73. The third-order valence-corrected chi connectivity index (χ3v) is 4.42. The van der Waals surface area contributed by atoms with Crippen molar-refractivity contribution < 1.29 is 4.39 Å². The van der Waals surface area contributed by atoms with Crippen LogP contribution in [0.1, 0.15) is 17.8 Å². The quantitative estimate of drug-likeness (QED) is 0.835. The highest BCUT2D eigenvalue weighted by Gasteiger charge is 2.14. The van der Waals surface area contributed by atoms with Crippen molar-refractivity contribution in [2.75, 3.05) is 13.6 Å². The molecule has 0 amide bonds. The lowest BCUT2D eigenvalue weighted by molar-refractivity contribution is 0.628. The fourth-order valence-corrected chi connectivity index (χ4v) is 3.11. The summed E-state index contributed by atoms with van der Waals surface area (Å²) < 4.78 is 13.5. The first-order valence-corrected chi connectivity index (χ1v) is 7.41. The molecule has 0 radical (unpaired) electrons. The number of aromatic nitrogens is 1. The largest absolute Gasteiger partial charge is 0.319 e. The second kappa shape index (κ2) is 6.18. The Morgan fingerprint density at radius 1 is 1.37 bits per heavy atom. The molecular formula is C13H13Cl2FN2S. The summed E-state index contributed by atoms with van der Waals surface area (Å²) in [6.45, 7) is 2.93. The van der Waals surface area contributed by atoms with Crippen molar-refractivity contribution in [3.05, 3.63) is 38.4 Å². The maximum atomic E-state index is 13.5. The van der Waals surface area contributed by atoms with E-state index in [0.717, 1.165) is 11.6 Å². The van der Waals surface area contributed by atoms with Gasteiger partial charge in [0.15, 0.2) is 0 Å². The maximum Gasteiger partial charge on any atom is 0.142 e. The van der Waals surface area contributed by atoms with Crippen LogP contribution in [-0.2, 0) is 0 Å². The van der Waals surface area contributed by atoms with E-state index < -0.39 is 5.82 Å². The molecule has 0 saturated heterocycles. The van der Waals surface area contributed by atoms with Gasteiger partial charge in [-0.25, -0.2) is 9.37 Å². The summed E-state index contributed by atoms with van der Waals surface area (Å²) in [5.74, 6) is -0.182. The number of rotatable bonds is 4. The number of hydrogen-bond donors (Lipinski definition) is 1. The minimum absolute atomic E-state index is 0.0211. The number of benzene rings is 1. The highest BCUT2D eigenvalue weighted by molar-refractivity contribution is 7.10. The van der Waals surface area contributed by atoms with Gasteiger partial charge in [0.1, 0.15) is 5.82 Å². The van der Waals surface area contributed by atoms with Crippen LogP contribution in [0.3, 0.4) is 0 Å². The second-order valence-electron chi connectivity index (χ2n) is 4.28. The Balaban J connectivity index is 2.35. The predicted molar refractivity (Wildman–Crippen MR) is 79.9 cm³/mol. The molecule has 19 heavy (non-hydrogen) atoms. The average Bonchev–Trinajstić information content (AvgIpc) is 2.83. The Hall–Kier alpha value is -0.680. The van der Waals surface area contributed by atoms with E-state index in [2.05, 4.69) is 17.2 Å². The van der Waals surface area contributed by atoms with E-state index in [0.29, 0.717) is 22.2 Å². The normalized spacial score (nSPS) is 12.7. The summed E-state index contributed by atoms with van der Waals surface area (Å²) in [4.78, 5) is 4.51. The number of likely N-dealkylation sites (N-methyl/N-ethyl adjacent to an activating group) is 1. The van der Waals surface area contributed by atoms with Crippen molar-refractivity contribution >= 4 is 34.5 Å². The lowest BCUT2D eigenvalue weighted by atomic mass is 10.1. The van der Waals surface area contributed by atoms with Crippen molar-refractivity contribution in [3.8, 4) is 11.3 Å². The van der Waals surface area contributed by atoms with Crippen LogP contribution >= 0.6 is 34.5 Å². The maximum absolute atomic E-state index is 13.5. The van der Waals surface area contributed by atoms with Crippen molar-refractivity contribution in [2.45, 2.75) is 12.8 Å². The van der Waals surface area contributed by atoms with Crippen LogP contribution in [0.4, 0.5) is 4.39 Å². The molecule has 1 aromatic carbocycles. The highest BCUT2D eigenvalue weighted by atomic mass is 35.5. The van der Waals surface area contributed by atoms with Gasteiger partial charge in [0.25, 0.3) is 0 Å². The minimum atomic E-state index is -0.487. The van der Waals surface area contributed by atoms with Crippen molar-refractivity contribution in [3.63, 3.8) is 0 Å². The van der Waals surface area contributed by atoms with Crippen molar-refractivity contribution in [2.24, 2.45) is 0 Å². The van der Waals surface area contributed by atoms with Gasteiger partial charge in [-0.3, -0.25) is 0 Å². The summed E-state index contributed by atoms with van der Waals surface area (Å²) in [5, 5.41) is 6.42. The van der Waals surface area contributed by atoms with E-state index in [1.807, 2.05) is 12.4 Å². The molecule has 0 bridgehead atoms. The van der Waals surface area contributed by atoms with Crippen LogP contribution in [-0.4, -0.2) is 18.6 Å². The molecule has 0 aliphatic rings. The number of nitrogens with zero attached hydrogens (tertiary/aromatic N) is 1. The molecular weight excluding hydrogens is 306 g/mol. The molecule has 1 N–H and O–H groups in total. The van der Waals surface area contributed by atoms with E-state index in [4.69, 9.17) is 23.2 Å². The van der Waals surface area contributed by atoms with Crippen LogP contribution in [0.15, 0.2) is 17.5 Å². The zero-order valence-corrected chi connectivity index (χ0v) is 12.8. The van der Waals surface area contributed by atoms with Crippen LogP contribution in [0.2, 0.25) is 10.0 Å². The predicted octanol–water partition coefficient (Wildman–Crippen LogP) is 4.58. The van der Waals surface area contributed by atoms with Gasteiger partial charge in [-0.15, -0.1) is 11.3 Å². The molecule has 1 atom stereocenters. The summed E-state index contributed by atoms with van der Waals surface area (Å²) in [5.41, 5.74) is 1.26. The molecule has 6 heteroatoms. The molecule has 1 unspecified atom stereocenters. The third kappa shape index (κ3) is 3.26. The number of hydrogen-bond acceptors (Lipinski definition) is 3. The monoisotopic (exact) mass is 318 g/mol. The Labute approximate surface area is 125 Å². The topological polar surface area (TPSA) is 24.9 Å². The fourth-order valence-electron chi connectivity index (χ4n) is 1.75. The van der Waals surface area contributed by atoms with E-state index in [1.165, 1.54) is 12.1 Å². The number of nitrogens with one attached hydrogen (secondary N) is 1. The Morgan fingerprint density at radius 2 is 2.11 bits per heavy atom. The molecule has 1 aromatic heterocycles.